The van der Waals surface area contributed by atoms with E-state index in [1.807, 2.05) is 18.2 Å². The van der Waals surface area contributed by atoms with Crippen molar-refractivity contribution in [3.05, 3.63) is 33.8 Å². The zero-order valence-corrected chi connectivity index (χ0v) is 14.6. The molecule has 1 aromatic carbocycles. The van der Waals surface area contributed by atoms with Crippen LogP contribution in [0.2, 0.25) is 10.0 Å². The third kappa shape index (κ3) is 3.57. The molecule has 1 saturated carbocycles. The summed E-state index contributed by atoms with van der Waals surface area (Å²) >= 11 is 12.2. The second-order valence-corrected chi connectivity index (χ2v) is 7.27. The molecule has 1 fully saturated rings. The van der Waals surface area contributed by atoms with Crippen LogP contribution in [0.3, 0.4) is 0 Å². The minimum Gasteiger partial charge on any atom is -0.392 e. The lowest BCUT2D eigenvalue weighted by atomic mass is 9.59. The molecule has 3 heteroatoms. The van der Waals surface area contributed by atoms with Gasteiger partial charge < -0.3 is 5.11 Å². The average Bonchev–Trinajstić information content (AvgIpc) is 2.41. The molecule has 0 radical (unpaired) electrons. The van der Waals surface area contributed by atoms with E-state index in [1.54, 1.807) is 0 Å². The highest BCUT2D eigenvalue weighted by Crippen LogP contribution is 2.49. The summed E-state index contributed by atoms with van der Waals surface area (Å²) in [6, 6.07) is 5.85. The zero-order valence-electron chi connectivity index (χ0n) is 13.0. The molecule has 118 valence electrons. The first-order chi connectivity index (χ1) is 10.0. The standard InChI is InChI=1S/C18H26Cl2O/c1-3-6-13(4-2)11-17(21)18(9-5-10-18)14-7-8-15(19)16(20)12-14/h7-8,12-13,17,21H,3-6,9-11H2,1-2H3. The first-order valence-electron chi connectivity index (χ1n) is 8.17. The Labute approximate surface area is 138 Å². The van der Waals surface area contributed by atoms with Crippen LogP contribution in [0.4, 0.5) is 0 Å². The van der Waals surface area contributed by atoms with Crippen LogP contribution >= 0.6 is 23.2 Å². The molecule has 2 atom stereocenters. The molecular formula is C18H26Cl2O. The number of rotatable bonds is 7. The fourth-order valence-electron chi connectivity index (χ4n) is 3.62. The van der Waals surface area contributed by atoms with Crippen LogP contribution < -0.4 is 0 Å². The van der Waals surface area contributed by atoms with Gasteiger partial charge in [0.2, 0.25) is 0 Å². The lowest BCUT2D eigenvalue weighted by molar-refractivity contribution is 0.00949. The fourth-order valence-corrected chi connectivity index (χ4v) is 3.91. The van der Waals surface area contributed by atoms with Gasteiger partial charge in [-0.15, -0.1) is 0 Å². The topological polar surface area (TPSA) is 20.2 Å². The molecule has 1 aromatic rings. The van der Waals surface area contributed by atoms with Crippen molar-refractivity contribution in [1.82, 2.24) is 0 Å². The Morgan fingerprint density at radius 3 is 2.38 bits per heavy atom. The van der Waals surface area contributed by atoms with Crippen LogP contribution in [0.15, 0.2) is 18.2 Å². The number of hydrogen-bond donors (Lipinski definition) is 1. The largest absolute Gasteiger partial charge is 0.392 e. The van der Waals surface area contributed by atoms with E-state index in [0.717, 1.165) is 31.2 Å². The fraction of sp³-hybridized carbons (Fsp3) is 0.667. The Morgan fingerprint density at radius 2 is 1.90 bits per heavy atom. The summed E-state index contributed by atoms with van der Waals surface area (Å²) in [6.07, 6.45) is 7.42. The van der Waals surface area contributed by atoms with Gasteiger partial charge in [0.25, 0.3) is 0 Å². The Hall–Kier alpha value is -0.240. The van der Waals surface area contributed by atoms with Crippen molar-refractivity contribution in [3.8, 4) is 0 Å². The molecule has 0 bridgehead atoms. The van der Waals surface area contributed by atoms with Crippen molar-refractivity contribution in [1.29, 1.82) is 0 Å². The van der Waals surface area contributed by atoms with Crippen LogP contribution in [-0.2, 0) is 5.41 Å². The van der Waals surface area contributed by atoms with Crippen molar-refractivity contribution in [2.24, 2.45) is 5.92 Å². The normalized spacial score (nSPS) is 19.9. The van der Waals surface area contributed by atoms with Gasteiger partial charge in [0.1, 0.15) is 0 Å². The molecule has 1 aliphatic rings. The van der Waals surface area contributed by atoms with E-state index in [1.165, 1.54) is 19.3 Å². The summed E-state index contributed by atoms with van der Waals surface area (Å²) in [5.41, 5.74) is 1.05. The lowest BCUT2D eigenvalue weighted by Gasteiger charge is -2.47. The van der Waals surface area contributed by atoms with Crippen LogP contribution in [0.5, 0.6) is 0 Å². The molecular weight excluding hydrogens is 303 g/mol. The average molecular weight is 329 g/mol. The van der Waals surface area contributed by atoms with Crippen LogP contribution in [0, 0.1) is 5.92 Å². The maximum atomic E-state index is 10.9. The highest BCUT2D eigenvalue weighted by molar-refractivity contribution is 6.42. The summed E-state index contributed by atoms with van der Waals surface area (Å²) < 4.78 is 0. The van der Waals surface area contributed by atoms with E-state index in [9.17, 15) is 5.11 Å². The molecule has 1 nitrogen and oxygen atoms in total. The van der Waals surface area contributed by atoms with Gasteiger partial charge >= 0.3 is 0 Å². The van der Waals surface area contributed by atoms with Gasteiger partial charge in [-0.05, 0) is 42.9 Å². The first kappa shape index (κ1) is 17.1. The van der Waals surface area contributed by atoms with Crippen molar-refractivity contribution in [2.45, 2.75) is 70.3 Å². The molecule has 0 amide bonds. The number of aliphatic hydroxyl groups is 1. The minimum absolute atomic E-state index is 0.102. The first-order valence-corrected chi connectivity index (χ1v) is 8.92. The Balaban J connectivity index is 2.18. The molecule has 2 rings (SSSR count). The lowest BCUT2D eigenvalue weighted by Crippen LogP contribution is -2.46. The smallest absolute Gasteiger partial charge is 0.0639 e. The van der Waals surface area contributed by atoms with Gasteiger partial charge in [0.05, 0.1) is 16.1 Å². The van der Waals surface area contributed by atoms with Gasteiger partial charge in [-0.3, -0.25) is 0 Å². The minimum atomic E-state index is -0.278. The van der Waals surface area contributed by atoms with Crippen molar-refractivity contribution >= 4 is 23.2 Å². The van der Waals surface area contributed by atoms with Crippen molar-refractivity contribution in [3.63, 3.8) is 0 Å². The van der Waals surface area contributed by atoms with E-state index in [-0.39, 0.29) is 11.5 Å². The number of benzene rings is 1. The van der Waals surface area contributed by atoms with E-state index < -0.39 is 0 Å². The maximum absolute atomic E-state index is 10.9. The van der Waals surface area contributed by atoms with Crippen LogP contribution in [-0.4, -0.2) is 11.2 Å². The Bertz CT molecular complexity index is 468. The Kier molecular flexibility index (Phi) is 5.99. The van der Waals surface area contributed by atoms with E-state index in [4.69, 9.17) is 23.2 Å². The summed E-state index contributed by atoms with van der Waals surface area (Å²) in [7, 11) is 0. The van der Waals surface area contributed by atoms with E-state index >= 15 is 0 Å². The van der Waals surface area contributed by atoms with E-state index in [0.29, 0.717) is 16.0 Å². The Morgan fingerprint density at radius 1 is 1.19 bits per heavy atom. The monoisotopic (exact) mass is 328 g/mol. The number of halogens is 2. The van der Waals surface area contributed by atoms with Crippen molar-refractivity contribution in [2.75, 3.05) is 0 Å². The molecule has 0 aliphatic heterocycles. The maximum Gasteiger partial charge on any atom is 0.0639 e. The van der Waals surface area contributed by atoms with Crippen LogP contribution in [0.25, 0.3) is 0 Å². The molecule has 1 aliphatic carbocycles. The summed E-state index contributed by atoms with van der Waals surface area (Å²) in [4.78, 5) is 0. The van der Waals surface area contributed by atoms with Gasteiger partial charge in [-0.25, -0.2) is 0 Å². The highest BCUT2D eigenvalue weighted by atomic mass is 35.5. The second kappa shape index (κ2) is 7.35. The van der Waals surface area contributed by atoms with Gasteiger partial charge in [0, 0.05) is 5.41 Å². The van der Waals surface area contributed by atoms with E-state index in [2.05, 4.69) is 13.8 Å². The number of aliphatic hydroxyl groups excluding tert-OH is 1. The predicted octanol–water partition coefficient (Wildman–Crippen LogP) is 5.99. The second-order valence-electron chi connectivity index (χ2n) is 6.45. The zero-order chi connectivity index (χ0) is 15.5. The molecule has 1 N–H and O–H groups in total. The third-order valence-corrected chi connectivity index (χ3v) is 5.95. The molecule has 0 aromatic heterocycles. The van der Waals surface area contributed by atoms with Crippen molar-refractivity contribution < 1.29 is 5.11 Å². The summed E-state index contributed by atoms with van der Waals surface area (Å²) in [5.74, 6) is 0.616. The van der Waals surface area contributed by atoms with Crippen LogP contribution in [0.1, 0.15) is 64.4 Å². The van der Waals surface area contributed by atoms with Gasteiger partial charge in [0.15, 0.2) is 0 Å². The SMILES string of the molecule is CCCC(CC)CC(O)C1(c2ccc(Cl)c(Cl)c2)CCC1. The van der Waals surface area contributed by atoms with Gasteiger partial charge in [-0.1, -0.05) is 68.8 Å². The molecule has 21 heavy (non-hydrogen) atoms. The quantitative estimate of drug-likeness (QED) is 0.651. The molecule has 0 spiro atoms. The molecule has 0 heterocycles. The highest BCUT2D eigenvalue weighted by Gasteiger charge is 2.45. The predicted molar refractivity (Wildman–Crippen MR) is 91.3 cm³/mol. The molecule has 2 unspecified atom stereocenters. The molecule has 0 saturated heterocycles. The third-order valence-electron chi connectivity index (χ3n) is 5.21. The van der Waals surface area contributed by atoms with Gasteiger partial charge in [-0.2, -0.15) is 0 Å². The number of hydrogen-bond acceptors (Lipinski definition) is 1. The summed E-state index contributed by atoms with van der Waals surface area (Å²) in [6.45, 7) is 4.44. The summed E-state index contributed by atoms with van der Waals surface area (Å²) in [5, 5.41) is 12.1.